The van der Waals surface area contributed by atoms with Gasteiger partial charge in [-0.05, 0) is 25.2 Å². The summed E-state index contributed by atoms with van der Waals surface area (Å²) in [7, 11) is 1.89. The molecule has 1 aromatic carbocycles. The van der Waals surface area contributed by atoms with Crippen molar-refractivity contribution in [2.75, 3.05) is 13.6 Å². The van der Waals surface area contributed by atoms with Crippen LogP contribution in [0, 0.1) is 11.8 Å². The van der Waals surface area contributed by atoms with E-state index in [9.17, 15) is 0 Å². The van der Waals surface area contributed by atoms with Gasteiger partial charge in [0.05, 0.1) is 22.3 Å². The van der Waals surface area contributed by atoms with Crippen molar-refractivity contribution < 1.29 is 0 Å². The number of rotatable bonds is 1. The molecule has 2 aromatic rings. The van der Waals surface area contributed by atoms with Crippen molar-refractivity contribution in [1.29, 1.82) is 0 Å². The van der Waals surface area contributed by atoms with E-state index >= 15 is 0 Å². The highest BCUT2D eigenvalue weighted by Crippen LogP contribution is 2.18. The number of nitrogens with zero attached hydrogens (tertiary/aromatic N) is 1. The number of aromatic nitrogens is 1. The highest BCUT2D eigenvalue weighted by molar-refractivity contribution is 7.16. The molecule has 0 saturated heterocycles. The summed E-state index contributed by atoms with van der Waals surface area (Å²) < 4.78 is 1.20. The monoisotopic (exact) mass is 202 g/mol. The maximum atomic E-state index is 4.21. The first-order chi connectivity index (χ1) is 6.90. The van der Waals surface area contributed by atoms with Crippen LogP contribution in [0.3, 0.4) is 0 Å². The van der Waals surface area contributed by atoms with Crippen LogP contribution in [0.4, 0.5) is 0 Å². The molecule has 2 nitrogen and oxygen atoms in total. The lowest BCUT2D eigenvalue weighted by molar-refractivity contribution is 0.938. The molecule has 0 unspecified atom stereocenters. The average molecular weight is 202 g/mol. The molecule has 0 bridgehead atoms. The predicted molar refractivity (Wildman–Crippen MR) is 60.4 cm³/mol. The number of thiazole rings is 1. The fraction of sp³-hybridized carbons (Fsp3) is 0.182. The van der Waals surface area contributed by atoms with Crippen LogP contribution in [0.5, 0.6) is 0 Å². The zero-order valence-corrected chi connectivity index (χ0v) is 8.69. The van der Waals surface area contributed by atoms with Crippen molar-refractivity contribution >= 4 is 21.6 Å². The van der Waals surface area contributed by atoms with E-state index in [0.717, 1.165) is 17.6 Å². The van der Waals surface area contributed by atoms with E-state index in [-0.39, 0.29) is 0 Å². The van der Waals surface area contributed by atoms with Gasteiger partial charge in [-0.3, -0.25) is 0 Å². The summed E-state index contributed by atoms with van der Waals surface area (Å²) in [5.74, 6) is 6.13. The van der Waals surface area contributed by atoms with E-state index in [1.54, 1.807) is 11.3 Å². The largest absolute Gasteiger partial charge is 0.309 e. The van der Waals surface area contributed by atoms with Crippen molar-refractivity contribution in [3.63, 3.8) is 0 Å². The minimum absolute atomic E-state index is 0.723. The van der Waals surface area contributed by atoms with Crippen molar-refractivity contribution in [2.45, 2.75) is 0 Å². The third kappa shape index (κ3) is 1.92. The molecule has 2 rings (SSSR count). The lowest BCUT2D eigenvalue weighted by Gasteiger charge is -1.90. The molecule has 0 spiro atoms. The molecule has 0 aliphatic heterocycles. The zero-order valence-electron chi connectivity index (χ0n) is 7.87. The van der Waals surface area contributed by atoms with Crippen LogP contribution in [-0.4, -0.2) is 18.6 Å². The van der Waals surface area contributed by atoms with Gasteiger partial charge in [0.2, 0.25) is 0 Å². The molecule has 70 valence electrons. The third-order valence-electron chi connectivity index (χ3n) is 1.83. The summed E-state index contributed by atoms with van der Waals surface area (Å²) in [6.07, 6.45) is 0. The van der Waals surface area contributed by atoms with E-state index in [0.29, 0.717) is 0 Å². The number of benzene rings is 1. The Bertz CT molecular complexity index is 490. The Morgan fingerprint density at radius 3 is 3.29 bits per heavy atom. The van der Waals surface area contributed by atoms with Gasteiger partial charge in [0.15, 0.2) is 0 Å². The van der Waals surface area contributed by atoms with Crippen LogP contribution in [0.25, 0.3) is 10.2 Å². The van der Waals surface area contributed by atoms with Crippen molar-refractivity contribution in [2.24, 2.45) is 0 Å². The van der Waals surface area contributed by atoms with Gasteiger partial charge in [-0.1, -0.05) is 11.8 Å². The van der Waals surface area contributed by atoms with Crippen LogP contribution in [0.1, 0.15) is 5.56 Å². The normalized spacial score (nSPS) is 9.79. The fourth-order valence-electron chi connectivity index (χ4n) is 1.17. The Labute approximate surface area is 87.0 Å². The minimum Gasteiger partial charge on any atom is -0.309 e. The van der Waals surface area contributed by atoms with Gasteiger partial charge in [-0.25, -0.2) is 4.98 Å². The van der Waals surface area contributed by atoms with Crippen molar-refractivity contribution in [1.82, 2.24) is 10.3 Å². The Morgan fingerprint density at radius 1 is 1.50 bits per heavy atom. The van der Waals surface area contributed by atoms with Gasteiger partial charge in [0, 0.05) is 5.56 Å². The molecule has 1 aromatic heterocycles. The summed E-state index contributed by atoms with van der Waals surface area (Å²) in [6.45, 7) is 0.723. The molecule has 0 atom stereocenters. The van der Waals surface area contributed by atoms with E-state index in [1.165, 1.54) is 4.70 Å². The Hall–Kier alpha value is -1.37. The van der Waals surface area contributed by atoms with Crippen LogP contribution >= 0.6 is 11.3 Å². The lowest BCUT2D eigenvalue weighted by atomic mass is 10.2. The Morgan fingerprint density at radius 2 is 2.43 bits per heavy atom. The highest BCUT2D eigenvalue weighted by atomic mass is 32.1. The van der Waals surface area contributed by atoms with Crippen LogP contribution in [-0.2, 0) is 0 Å². The van der Waals surface area contributed by atoms with E-state index < -0.39 is 0 Å². The average Bonchev–Trinajstić information content (AvgIpc) is 2.65. The molecule has 0 aliphatic rings. The molecule has 3 heteroatoms. The van der Waals surface area contributed by atoms with E-state index in [1.807, 2.05) is 24.7 Å². The third-order valence-corrected chi connectivity index (χ3v) is 2.62. The zero-order chi connectivity index (χ0) is 9.80. The van der Waals surface area contributed by atoms with Gasteiger partial charge in [-0.15, -0.1) is 11.3 Å². The second-order valence-electron chi connectivity index (χ2n) is 2.87. The highest BCUT2D eigenvalue weighted by Gasteiger charge is 1.95. The first kappa shape index (κ1) is 9.20. The maximum absolute atomic E-state index is 4.21. The Balaban J connectivity index is 2.31. The lowest BCUT2D eigenvalue weighted by Crippen LogP contribution is -2.04. The molecule has 0 radical (unpaired) electrons. The predicted octanol–water partition coefficient (Wildman–Crippen LogP) is 1.87. The maximum Gasteiger partial charge on any atom is 0.0812 e. The molecule has 14 heavy (non-hydrogen) atoms. The molecule has 1 heterocycles. The van der Waals surface area contributed by atoms with Gasteiger partial charge < -0.3 is 5.32 Å². The smallest absolute Gasteiger partial charge is 0.0812 e. The van der Waals surface area contributed by atoms with Gasteiger partial charge in [-0.2, -0.15) is 0 Å². The summed E-state index contributed by atoms with van der Waals surface area (Å²) in [5, 5.41) is 2.99. The van der Waals surface area contributed by atoms with Crippen LogP contribution in [0.15, 0.2) is 23.7 Å². The molecular weight excluding hydrogens is 192 g/mol. The quantitative estimate of drug-likeness (QED) is 0.714. The van der Waals surface area contributed by atoms with Crippen molar-refractivity contribution in [3.05, 3.63) is 29.3 Å². The second-order valence-corrected chi connectivity index (χ2v) is 3.75. The summed E-state index contributed by atoms with van der Waals surface area (Å²) in [4.78, 5) is 4.21. The number of hydrogen-bond acceptors (Lipinski definition) is 3. The SMILES string of the molecule is CNCC#Cc1ccc2ncsc2c1. The van der Waals surface area contributed by atoms with E-state index in [4.69, 9.17) is 0 Å². The molecule has 0 fully saturated rings. The number of hydrogen-bond donors (Lipinski definition) is 1. The molecule has 1 N–H and O–H groups in total. The van der Waals surface area contributed by atoms with Gasteiger partial charge >= 0.3 is 0 Å². The summed E-state index contributed by atoms with van der Waals surface area (Å²) >= 11 is 1.65. The van der Waals surface area contributed by atoms with E-state index in [2.05, 4.69) is 28.2 Å². The van der Waals surface area contributed by atoms with Crippen molar-refractivity contribution in [3.8, 4) is 11.8 Å². The molecule has 0 amide bonds. The first-order valence-electron chi connectivity index (χ1n) is 4.37. The summed E-state index contributed by atoms with van der Waals surface area (Å²) in [5.41, 5.74) is 3.96. The first-order valence-corrected chi connectivity index (χ1v) is 5.25. The van der Waals surface area contributed by atoms with Crippen LogP contribution < -0.4 is 5.32 Å². The van der Waals surface area contributed by atoms with Gasteiger partial charge in [0.1, 0.15) is 0 Å². The topological polar surface area (TPSA) is 24.9 Å². The van der Waals surface area contributed by atoms with Crippen LogP contribution in [0.2, 0.25) is 0 Å². The standard InChI is InChI=1S/C11H10N2S/c1-12-6-2-3-9-4-5-10-11(7-9)14-8-13-10/h4-5,7-8,12H,6H2,1H3. The number of nitrogens with one attached hydrogen (secondary N) is 1. The second kappa shape index (κ2) is 4.23. The molecular formula is C11H10N2S. The summed E-state index contributed by atoms with van der Waals surface area (Å²) in [6, 6.07) is 6.09. The number of fused-ring (bicyclic) bond motifs is 1. The fourth-order valence-corrected chi connectivity index (χ4v) is 1.88. The molecule has 0 aliphatic carbocycles. The molecule has 0 saturated carbocycles. The van der Waals surface area contributed by atoms with Gasteiger partial charge in [0.25, 0.3) is 0 Å². The Kier molecular flexibility index (Phi) is 2.78. The minimum atomic E-state index is 0.723.